The number of aldehydes is 1. The van der Waals surface area contributed by atoms with Crippen molar-refractivity contribution in [3.63, 3.8) is 0 Å². The molecule has 2 fully saturated rings. The topological polar surface area (TPSA) is 89.3 Å². The minimum absolute atomic E-state index is 0.0498. The molecule has 2 aliphatic heterocycles. The third kappa shape index (κ3) is 3.96. The maximum Gasteiger partial charge on any atom is 0.433 e. The number of carbonyl (C=O) groups is 1. The third-order valence-corrected chi connectivity index (χ3v) is 5.94. The third-order valence-electron chi connectivity index (χ3n) is 5.94. The monoisotopic (exact) mass is 465 g/mol. The van der Waals surface area contributed by atoms with E-state index in [9.17, 15) is 22.4 Å². The Kier molecular flexibility index (Phi) is 5.15. The van der Waals surface area contributed by atoms with E-state index in [0.29, 0.717) is 55.6 Å². The predicted molar refractivity (Wildman–Crippen MR) is 108 cm³/mol. The lowest BCUT2D eigenvalue weighted by Gasteiger charge is -2.50. The second-order valence-electron chi connectivity index (χ2n) is 8.36. The van der Waals surface area contributed by atoms with E-state index in [-0.39, 0.29) is 29.8 Å². The van der Waals surface area contributed by atoms with Crippen LogP contribution in [0, 0.1) is 5.41 Å². The summed E-state index contributed by atoms with van der Waals surface area (Å²) in [5.41, 5.74) is -0.986. The first-order chi connectivity index (χ1) is 15.8. The summed E-state index contributed by atoms with van der Waals surface area (Å²) in [5, 5.41) is 4.56. The van der Waals surface area contributed by atoms with Gasteiger partial charge >= 0.3 is 6.18 Å². The summed E-state index contributed by atoms with van der Waals surface area (Å²) in [6.07, 6.45) is 0.184. The predicted octanol–water partition coefficient (Wildman–Crippen LogP) is 2.60. The van der Waals surface area contributed by atoms with Gasteiger partial charge in [-0.3, -0.25) is 4.98 Å². The van der Waals surface area contributed by atoms with Crippen LogP contribution in [0.25, 0.3) is 11.2 Å². The van der Waals surface area contributed by atoms with E-state index in [1.807, 2.05) is 4.90 Å². The first kappa shape index (κ1) is 21.5. The van der Waals surface area contributed by atoms with Gasteiger partial charge in [0, 0.05) is 31.1 Å². The molecule has 0 aromatic carbocycles. The highest BCUT2D eigenvalue weighted by Gasteiger charge is 2.45. The zero-order valence-electron chi connectivity index (χ0n) is 17.2. The average Bonchev–Trinajstić information content (AvgIpc) is 3.12. The van der Waals surface area contributed by atoms with Crippen molar-refractivity contribution in [1.82, 2.24) is 24.7 Å². The zero-order chi connectivity index (χ0) is 23.2. The molecule has 0 radical (unpaired) electrons. The SMILES string of the molecule is O=CCC1(CN(F)c2ccnc(C(F)(F)F)c2)CN(c2cnc3cnn(C4COC4)c3n2)C1. The van der Waals surface area contributed by atoms with Gasteiger partial charge in [0.15, 0.2) is 5.65 Å². The summed E-state index contributed by atoms with van der Waals surface area (Å²) < 4.78 is 60.6. The Bertz CT molecular complexity index is 1170. The van der Waals surface area contributed by atoms with Crippen molar-refractivity contribution in [3.05, 3.63) is 36.4 Å². The molecule has 2 aliphatic rings. The number of fused-ring (bicyclic) bond motifs is 1. The molecule has 0 unspecified atom stereocenters. The molecule has 0 amide bonds. The van der Waals surface area contributed by atoms with E-state index in [2.05, 4.69) is 20.1 Å². The van der Waals surface area contributed by atoms with Crippen LogP contribution >= 0.6 is 0 Å². The Morgan fingerprint density at radius 2 is 2.03 bits per heavy atom. The standard InChI is InChI=1S/C20H19F4N7O2/c21-20(22,23)16-5-13(1-3-25-16)30(24)12-19(2-4-32)10-29(11-19)17-7-26-15-6-27-31(18(15)28-17)14-8-33-9-14/h1,3-7,14H,2,8-12H2. The van der Waals surface area contributed by atoms with Crippen molar-refractivity contribution >= 4 is 29.0 Å². The molecule has 5 heterocycles. The number of carbonyl (C=O) groups excluding carboxylic acids is 1. The van der Waals surface area contributed by atoms with Crippen molar-refractivity contribution in [1.29, 1.82) is 0 Å². The molecule has 33 heavy (non-hydrogen) atoms. The summed E-state index contributed by atoms with van der Waals surface area (Å²) in [4.78, 5) is 25.4. The minimum atomic E-state index is -4.68. The number of ether oxygens (including phenoxy) is 1. The van der Waals surface area contributed by atoms with Crippen molar-refractivity contribution < 1.29 is 27.2 Å². The molecule has 13 heteroatoms. The fourth-order valence-electron chi connectivity index (χ4n) is 4.10. The Balaban J connectivity index is 1.32. The number of aromatic nitrogens is 5. The fraction of sp³-hybridized carbons (Fsp3) is 0.450. The lowest BCUT2D eigenvalue weighted by atomic mass is 9.77. The number of alkyl halides is 3. The van der Waals surface area contributed by atoms with Crippen LogP contribution in [-0.2, 0) is 15.7 Å². The van der Waals surface area contributed by atoms with E-state index in [4.69, 9.17) is 4.74 Å². The highest BCUT2D eigenvalue weighted by Crippen LogP contribution is 2.39. The van der Waals surface area contributed by atoms with Gasteiger partial charge in [-0.05, 0) is 12.1 Å². The number of hydrogen-bond acceptors (Lipinski definition) is 8. The number of nitrogens with zero attached hydrogens (tertiary/aromatic N) is 7. The maximum atomic E-state index is 14.9. The van der Waals surface area contributed by atoms with Crippen LogP contribution in [0.2, 0.25) is 0 Å². The van der Waals surface area contributed by atoms with E-state index >= 15 is 0 Å². The average molecular weight is 465 g/mol. The Morgan fingerprint density at radius 1 is 1.24 bits per heavy atom. The smallest absolute Gasteiger partial charge is 0.377 e. The van der Waals surface area contributed by atoms with Gasteiger partial charge in [0.1, 0.15) is 29.4 Å². The Labute approximate surface area is 184 Å². The Hall–Kier alpha value is -3.35. The van der Waals surface area contributed by atoms with Gasteiger partial charge < -0.3 is 14.4 Å². The van der Waals surface area contributed by atoms with Gasteiger partial charge in [0.25, 0.3) is 0 Å². The van der Waals surface area contributed by atoms with Crippen LogP contribution in [0.4, 0.5) is 29.2 Å². The van der Waals surface area contributed by atoms with Crippen molar-refractivity contribution in [2.75, 3.05) is 42.9 Å². The number of anilines is 2. The molecule has 0 spiro atoms. The second kappa shape index (κ2) is 7.90. The van der Waals surface area contributed by atoms with Crippen molar-refractivity contribution in [2.45, 2.75) is 18.6 Å². The molecule has 0 saturated carbocycles. The van der Waals surface area contributed by atoms with Gasteiger partial charge in [-0.15, -0.1) is 0 Å². The van der Waals surface area contributed by atoms with E-state index < -0.39 is 17.3 Å². The molecule has 0 aliphatic carbocycles. The summed E-state index contributed by atoms with van der Waals surface area (Å²) in [6, 6.07) is 1.90. The molecule has 5 rings (SSSR count). The Morgan fingerprint density at radius 3 is 2.70 bits per heavy atom. The molecule has 0 atom stereocenters. The van der Waals surface area contributed by atoms with Gasteiger partial charge in [-0.25, -0.2) is 19.8 Å². The van der Waals surface area contributed by atoms with E-state index in [1.165, 1.54) is 0 Å². The summed E-state index contributed by atoms with van der Waals surface area (Å²) in [5.74, 6) is 0.555. The van der Waals surface area contributed by atoms with Gasteiger partial charge in [0.2, 0.25) is 0 Å². The van der Waals surface area contributed by atoms with Crippen LogP contribution < -0.4 is 10.0 Å². The van der Waals surface area contributed by atoms with Crippen LogP contribution in [0.5, 0.6) is 0 Å². The molecule has 0 N–H and O–H groups in total. The van der Waals surface area contributed by atoms with Crippen molar-refractivity contribution in [3.8, 4) is 0 Å². The zero-order valence-corrected chi connectivity index (χ0v) is 17.2. The molecule has 2 saturated heterocycles. The van der Waals surface area contributed by atoms with Gasteiger partial charge in [0.05, 0.1) is 37.8 Å². The number of rotatable bonds is 7. The van der Waals surface area contributed by atoms with Gasteiger partial charge in [-0.1, -0.05) is 4.48 Å². The normalized spacial score (nSPS) is 18.1. The first-order valence-corrected chi connectivity index (χ1v) is 10.2. The molecule has 0 bridgehead atoms. The highest BCUT2D eigenvalue weighted by molar-refractivity contribution is 5.71. The fourth-order valence-corrected chi connectivity index (χ4v) is 4.10. The number of halogens is 4. The van der Waals surface area contributed by atoms with E-state index in [1.54, 1.807) is 17.1 Å². The summed E-state index contributed by atoms with van der Waals surface area (Å²) >= 11 is 0. The lowest BCUT2D eigenvalue weighted by Crippen LogP contribution is -2.61. The van der Waals surface area contributed by atoms with Crippen LogP contribution in [-0.4, -0.2) is 63.9 Å². The number of pyridine rings is 1. The maximum absolute atomic E-state index is 14.9. The molecular formula is C20H19F4N7O2. The van der Waals surface area contributed by atoms with Crippen LogP contribution in [0.1, 0.15) is 18.2 Å². The molecule has 3 aromatic heterocycles. The van der Waals surface area contributed by atoms with Gasteiger partial charge in [-0.2, -0.15) is 18.3 Å². The van der Waals surface area contributed by atoms with Crippen molar-refractivity contribution in [2.24, 2.45) is 5.41 Å². The minimum Gasteiger partial charge on any atom is -0.377 e. The molecule has 174 valence electrons. The van der Waals surface area contributed by atoms with E-state index in [0.717, 1.165) is 12.3 Å². The summed E-state index contributed by atoms with van der Waals surface area (Å²) in [6.45, 7) is 1.43. The van der Waals surface area contributed by atoms with Crippen LogP contribution in [0.3, 0.4) is 0 Å². The number of hydrogen-bond donors (Lipinski definition) is 0. The molecule has 3 aromatic rings. The van der Waals surface area contributed by atoms with Crippen LogP contribution in [0.15, 0.2) is 30.7 Å². The second-order valence-corrected chi connectivity index (χ2v) is 8.36. The highest BCUT2D eigenvalue weighted by atomic mass is 19.4. The molecule has 9 nitrogen and oxygen atoms in total. The first-order valence-electron chi connectivity index (χ1n) is 10.2. The largest absolute Gasteiger partial charge is 0.433 e. The summed E-state index contributed by atoms with van der Waals surface area (Å²) in [7, 11) is 0. The quantitative estimate of drug-likeness (QED) is 0.299. The molecular weight excluding hydrogens is 446 g/mol. The lowest BCUT2D eigenvalue weighted by molar-refractivity contribution is -0.141.